The molecule has 1 rings (SSSR count). The van der Waals surface area contributed by atoms with Crippen LogP contribution in [0.1, 0.15) is 45.7 Å². The fourth-order valence-electron chi connectivity index (χ4n) is 2.39. The van der Waals surface area contributed by atoms with E-state index in [1.165, 1.54) is 0 Å². The van der Waals surface area contributed by atoms with Crippen molar-refractivity contribution in [2.75, 3.05) is 18.5 Å². The number of aryl methyl sites for hydroxylation is 2. The van der Waals surface area contributed by atoms with Gasteiger partial charge in [-0.25, -0.2) is 4.68 Å². The van der Waals surface area contributed by atoms with Crippen LogP contribution in [0.25, 0.3) is 0 Å². The number of rotatable bonds is 9. The Hall–Kier alpha value is -1.63. The maximum absolute atomic E-state index is 11.3. The molecule has 0 aliphatic heterocycles. The van der Waals surface area contributed by atoms with Crippen LogP contribution >= 0.6 is 0 Å². The van der Waals surface area contributed by atoms with Gasteiger partial charge in [0.15, 0.2) is 0 Å². The molecule has 0 aliphatic rings. The molecule has 0 radical (unpaired) electrons. The van der Waals surface area contributed by atoms with Gasteiger partial charge in [0, 0.05) is 18.5 Å². The minimum atomic E-state index is -0.394. The molecular formula is C14H26N4O3. The van der Waals surface area contributed by atoms with Gasteiger partial charge in [-0.2, -0.15) is 5.10 Å². The van der Waals surface area contributed by atoms with Crippen LogP contribution < -0.4 is 5.32 Å². The summed E-state index contributed by atoms with van der Waals surface area (Å²) in [6.45, 7) is 8.86. The fraction of sp³-hybridized carbons (Fsp3) is 0.786. The molecule has 0 aliphatic carbocycles. The lowest BCUT2D eigenvalue weighted by atomic mass is 9.83. The number of nitro groups is 1. The molecule has 0 spiro atoms. The van der Waals surface area contributed by atoms with Crippen LogP contribution in [0, 0.1) is 22.5 Å². The van der Waals surface area contributed by atoms with Crippen molar-refractivity contribution < 1.29 is 10.0 Å². The molecule has 7 nitrogen and oxygen atoms in total. The van der Waals surface area contributed by atoms with E-state index >= 15 is 0 Å². The molecule has 1 heterocycles. The molecule has 0 saturated carbocycles. The lowest BCUT2D eigenvalue weighted by Gasteiger charge is -2.29. The molecule has 2 N–H and O–H groups in total. The minimum Gasteiger partial charge on any atom is -0.396 e. The van der Waals surface area contributed by atoms with Gasteiger partial charge in [-0.3, -0.25) is 10.1 Å². The van der Waals surface area contributed by atoms with Gasteiger partial charge in [-0.05, 0) is 26.2 Å². The van der Waals surface area contributed by atoms with Gasteiger partial charge in [0.25, 0.3) is 0 Å². The highest BCUT2D eigenvalue weighted by Crippen LogP contribution is 2.31. The summed E-state index contributed by atoms with van der Waals surface area (Å²) in [6.07, 6.45) is 2.46. The minimum absolute atomic E-state index is 0.0301. The maximum atomic E-state index is 11.3. The molecule has 0 aromatic carbocycles. The molecule has 120 valence electrons. The highest BCUT2D eigenvalue weighted by molar-refractivity contribution is 5.59. The monoisotopic (exact) mass is 298 g/mol. The summed E-state index contributed by atoms with van der Waals surface area (Å²) in [4.78, 5) is 10.9. The topological polar surface area (TPSA) is 93.2 Å². The van der Waals surface area contributed by atoms with Crippen LogP contribution in [-0.4, -0.2) is 33.0 Å². The van der Waals surface area contributed by atoms with Crippen molar-refractivity contribution in [1.82, 2.24) is 9.78 Å². The number of aliphatic hydroxyl groups excluding tert-OH is 1. The zero-order chi connectivity index (χ0) is 16.0. The molecule has 7 heteroatoms. The van der Waals surface area contributed by atoms with E-state index in [2.05, 4.69) is 10.4 Å². The zero-order valence-corrected chi connectivity index (χ0v) is 13.3. The van der Waals surface area contributed by atoms with Gasteiger partial charge in [-0.1, -0.05) is 20.8 Å². The fourth-order valence-corrected chi connectivity index (χ4v) is 2.39. The Balaban J connectivity index is 3.08. The number of hydrogen-bond acceptors (Lipinski definition) is 5. The van der Waals surface area contributed by atoms with E-state index in [1.807, 2.05) is 20.8 Å². The summed E-state index contributed by atoms with van der Waals surface area (Å²) in [7, 11) is 0. The lowest BCUT2D eigenvalue weighted by Crippen LogP contribution is -2.33. The smallest absolute Gasteiger partial charge is 0.333 e. The summed E-state index contributed by atoms with van der Waals surface area (Å²) < 4.78 is 1.65. The van der Waals surface area contributed by atoms with E-state index in [1.54, 1.807) is 11.6 Å². The van der Waals surface area contributed by atoms with Crippen molar-refractivity contribution in [1.29, 1.82) is 0 Å². The molecule has 1 aromatic heterocycles. The highest BCUT2D eigenvalue weighted by atomic mass is 16.6. The van der Waals surface area contributed by atoms with Crippen molar-refractivity contribution >= 4 is 11.5 Å². The Morgan fingerprint density at radius 1 is 1.38 bits per heavy atom. The van der Waals surface area contributed by atoms with Gasteiger partial charge in [0.1, 0.15) is 5.69 Å². The SMILES string of the molecule is CCCn1nc(C)c([N+](=O)[O-])c1NCC(CC)(CC)CO. The Kier molecular flexibility index (Phi) is 6.14. The van der Waals surface area contributed by atoms with Crippen LogP contribution in [0.15, 0.2) is 0 Å². The second-order valence-electron chi connectivity index (χ2n) is 5.48. The molecule has 0 bridgehead atoms. The zero-order valence-electron chi connectivity index (χ0n) is 13.3. The average Bonchev–Trinajstić information content (AvgIpc) is 2.77. The van der Waals surface area contributed by atoms with Crippen molar-refractivity contribution in [3.05, 3.63) is 15.8 Å². The molecule has 0 saturated heterocycles. The first kappa shape index (κ1) is 17.4. The number of nitrogens with one attached hydrogen (secondary N) is 1. The summed E-state index contributed by atoms with van der Waals surface area (Å²) in [5, 5.41) is 28.3. The quantitative estimate of drug-likeness (QED) is 0.540. The first-order valence-corrected chi connectivity index (χ1v) is 7.51. The van der Waals surface area contributed by atoms with Crippen molar-refractivity contribution in [3.63, 3.8) is 0 Å². The van der Waals surface area contributed by atoms with Gasteiger partial charge in [-0.15, -0.1) is 0 Å². The van der Waals surface area contributed by atoms with E-state index in [4.69, 9.17) is 0 Å². The first-order valence-electron chi connectivity index (χ1n) is 7.51. The van der Waals surface area contributed by atoms with Crippen LogP contribution in [0.4, 0.5) is 11.5 Å². The lowest BCUT2D eigenvalue weighted by molar-refractivity contribution is -0.384. The number of aliphatic hydroxyl groups is 1. The highest BCUT2D eigenvalue weighted by Gasteiger charge is 2.29. The summed E-state index contributed by atoms with van der Waals surface area (Å²) in [6, 6.07) is 0. The average molecular weight is 298 g/mol. The van der Waals surface area contributed by atoms with Crippen LogP contribution in [0.5, 0.6) is 0 Å². The van der Waals surface area contributed by atoms with E-state index < -0.39 is 4.92 Å². The predicted molar refractivity (Wildman–Crippen MR) is 82.5 cm³/mol. The van der Waals surface area contributed by atoms with Gasteiger partial charge < -0.3 is 10.4 Å². The Bertz CT molecular complexity index is 473. The van der Waals surface area contributed by atoms with E-state index in [0.29, 0.717) is 24.6 Å². The van der Waals surface area contributed by atoms with Crippen molar-refractivity contribution in [2.24, 2.45) is 5.41 Å². The van der Waals surface area contributed by atoms with Crippen molar-refractivity contribution in [3.8, 4) is 0 Å². The molecule has 0 unspecified atom stereocenters. The molecule has 0 fully saturated rings. The first-order chi connectivity index (χ1) is 9.94. The Morgan fingerprint density at radius 2 is 2.00 bits per heavy atom. The summed E-state index contributed by atoms with van der Waals surface area (Å²) >= 11 is 0. The Morgan fingerprint density at radius 3 is 2.43 bits per heavy atom. The second kappa shape index (κ2) is 7.40. The van der Waals surface area contributed by atoms with Gasteiger partial charge >= 0.3 is 5.69 Å². The number of anilines is 1. The van der Waals surface area contributed by atoms with Gasteiger partial charge in [0.05, 0.1) is 11.5 Å². The Labute approximate surface area is 125 Å². The maximum Gasteiger partial charge on any atom is 0.333 e. The number of hydrogen-bond donors (Lipinski definition) is 2. The third kappa shape index (κ3) is 3.72. The number of nitrogens with zero attached hydrogens (tertiary/aromatic N) is 3. The van der Waals surface area contributed by atoms with Crippen LogP contribution in [0.3, 0.4) is 0 Å². The van der Waals surface area contributed by atoms with Gasteiger partial charge in [0.2, 0.25) is 5.82 Å². The number of aromatic nitrogens is 2. The third-order valence-electron chi connectivity index (χ3n) is 4.18. The van der Waals surface area contributed by atoms with Crippen LogP contribution in [-0.2, 0) is 6.54 Å². The molecule has 0 amide bonds. The second-order valence-corrected chi connectivity index (χ2v) is 5.48. The van der Waals surface area contributed by atoms with Crippen molar-refractivity contribution in [2.45, 2.75) is 53.5 Å². The largest absolute Gasteiger partial charge is 0.396 e. The van der Waals surface area contributed by atoms with E-state index in [-0.39, 0.29) is 17.7 Å². The summed E-state index contributed by atoms with van der Waals surface area (Å²) in [5.74, 6) is 0.444. The summed E-state index contributed by atoms with van der Waals surface area (Å²) in [5.41, 5.74) is 0.185. The normalized spacial score (nSPS) is 11.7. The predicted octanol–water partition coefficient (Wildman–Crippen LogP) is 2.72. The molecule has 0 atom stereocenters. The van der Waals surface area contributed by atoms with E-state index in [9.17, 15) is 15.2 Å². The standard InChI is InChI=1S/C14H26N4O3/c1-5-8-17-13(12(18(20)21)11(4)16-17)15-9-14(6-2,7-3)10-19/h15,19H,5-10H2,1-4H3. The van der Waals surface area contributed by atoms with E-state index in [0.717, 1.165) is 19.3 Å². The van der Waals surface area contributed by atoms with Crippen LogP contribution in [0.2, 0.25) is 0 Å². The molecule has 1 aromatic rings. The third-order valence-corrected chi connectivity index (χ3v) is 4.18. The molecule has 21 heavy (non-hydrogen) atoms. The molecular weight excluding hydrogens is 272 g/mol.